The number of aromatic nitrogens is 1. The van der Waals surface area contributed by atoms with Crippen molar-refractivity contribution in [1.29, 1.82) is 0 Å². The average molecular weight is 310 g/mol. The van der Waals surface area contributed by atoms with Crippen molar-refractivity contribution in [3.63, 3.8) is 0 Å². The Labute approximate surface area is 136 Å². The molecule has 1 aromatic heterocycles. The van der Waals surface area contributed by atoms with E-state index in [4.69, 9.17) is 0 Å². The molecule has 0 atom stereocenters. The Bertz CT molecular complexity index is 651. The molecule has 1 amide bonds. The number of carbonyl (C=O) groups is 1. The number of anilines is 2. The fourth-order valence-corrected chi connectivity index (χ4v) is 2.80. The number of nitrogens with zero attached hydrogens (tertiary/aromatic N) is 3. The van der Waals surface area contributed by atoms with Crippen molar-refractivity contribution in [3.05, 3.63) is 54.2 Å². The highest BCUT2D eigenvalue weighted by Crippen LogP contribution is 2.13. The lowest BCUT2D eigenvalue weighted by Gasteiger charge is -2.34. The molecular weight excluding hydrogens is 288 g/mol. The van der Waals surface area contributed by atoms with Gasteiger partial charge in [-0.2, -0.15) is 0 Å². The normalized spacial score (nSPS) is 15.4. The van der Waals surface area contributed by atoms with E-state index in [9.17, 15) is 4.79 Å². The van der Waals surface area contributed by atoms with Crippen molar-refractivity contribution < 1.29 is 4.79 Å². The molecular formula is C18H22N4O. The number of pyridine rings is 1. The highest BCUT2D eigenvalue weighted by Gasteiger charge is 2.19. The summed E-state index contributed by atoms with van der Waals surface area (Å²) >= 11 is 0. The smallest absolute Gasteiger partial charge is 0.238 e. The number of hydrogen-bond donors (Lipinski definition) is 1. The Kier molecular flexibility index (Phi) is 4.88. The van der Waals surface area contributed by atoms with Crippen LogP contribution >= 0.6 is 0 Å². The van der Waals surface area contributed by atoms with Gasteiger partial charge in [0.2, 0.25) is 5.91 Å². The van der Waals surface area contributed by atoms with Crippen LogP contribution in [0.2, 0.25) is 0 Å². The van der Waals surface area contributed by atoms with Crippen LogP contribution in [0.1, 0.15) is 5.56 Å². The van der Waals surface area contributed by atoms with Gasteiger partial charge < -0.3 is 10.2 Å². The number of aryl methyl sites for hydroxylation is 1. The zero-order valence-corrected chi connectivity index (χ0v) is 13.4. The number of carbonyl (C=O) groups excluding carboxylic acids is 1. The van der Waals surface area contributed by atoms with Crippen LogP contribution in [0, 0.1) is 6.92 Å². The number of benzene rings is 1. The predicted octanol–water partition coefficient (Wildman–Crippen LogP) is 2.15. The van der Waals surface area contributed by atoms with Crippen LogP contribution in [0.5, 0.6) is 0 Å². The van der Waals surface area contributed by atoms with Gasteiger partial charge in [-0.15, -0.1) is 0 Å². The van der Waals surface area contributed by atoms with Crippen molar-refractivity contribution in [2.45, 2.75) is 6.92 Å². The number of nitrogens with one attached hydrogen (secondary N) is 1. The summed E-state index contributed by atoms with van der Waals surface area (Å²) in [4.78, 5) is 21.0. The number of hydrogen-bond acceptors (Lipinski definition) is 4. The molecule has 0 saturated carbocycles. The summed E-state index contributed by atoms with van der Waals surface area (Å²) in [6, 6.07) is 13.8. The van der Waals surface area contributed by atoms with Crippen LogP contribution in [0.15, 0.2) is 48.7 Å². The van der Waals surface area contributed by atoms with Gasteiger partial charge in [0.1, 0.15) is 5.82 Å². The van der Waals surface area contributed by atoms with Crippen LogP contribution < -0.4 is 10.2 Å². The lowest BCUT2D eigenvalue weighted by atomic mass is 10.2. The molecule has 120 valence electrons. The molecule has 3 rings (SSSR count). The summed E-state index contributed by atoms with van der Waals surface area (Å²) < 4.78 is 0. The number of amides is 1. The standard InChI is InChI=1S/C18H22N4O/c1-15-5-4-6-16(13-15)20-18(23)14-21-9-11-22(12-10-21)17-7-2-3-8-19-17/h2-8,13H,9-12,14H2,1H3,(H,20,23). The van der Waals surface area contributed by atoms with E-state index in [0.717, 1.165) is 43.2 Å². The Balaban J connectivity index is 1.48. The molecule has 2 aromatic rings. The highest BCUT2D eigenvalue weighted by atomic mass is 16.2. The fraction of sp³-hybridized carbons (Fsp3) is 0.333. The largest absolute Gasteiger partial charge is 0.354 e. The third-order valence-corrected chi connectivity index (χ3v) is 4.01. The summed E-state index contributed by atoms with van der Waals surface area (Å²) in [5.41, 5.74) is 2.01. The number of rotatable bonds is 4. The Morgan fingerprint density at radius 2 is 1.96 bits per heavy atom. The maximum absolute atomic E-state index is 12.2. The first-order chi connectivity index (χ1) is 11.2. The monoisotopic (exact) mass is 310 g/mol. The van der Waals surface area contributed by atoms with Crippen molar-refractivity contribution in [3.8, 4) is 0 Å². The lowest BCUT2D eigenvalue weighted by molar-refractivity contribution is -0.117. The summed E-state index contributed by atoms with van der Waals surface area (Å²) in [6.07, 6.45) is 1.82. The molecule has 2 heterocycles. The lowest BCUT2D eigenvalue weighted by Crippen LogP contribution is -2.48. The second kappa shape index (κ2) is 7.24. The van der Waals surface area contributed by atoms with Gasteiger partial charge in [-0.1, -0.05) is 18.2 Å². The topological polar surface area (TPSA) is 48.5 Å². The van der Waals surface area contributed by atoms with Crippen LogP contribution in [0.4, 0.5) is 11.5 Å². The van der Waals surface area contributed by atoms with E-state index in [1.165, 1.54) is 0 Å². The molecule has 0 aliphatic carbocycles. The van der Waals surface area contributed by atoms with E-state index in [1.54, 1.807) is 0 Å². The molecule has 23 heavy (non-hydrogen) atoms. The molecule has 1 fully saturated rings. The summed E-state index contributed by atoms with van der Waals surface area (Å²) in [6.45, 7) is 6.00. The number of piperazine rings is 1. The first-order valence-electron chi connectivity index (χ1n) is 7.95. The Morgan fingerprint density at radius 3 is 2.65 bits per heavy atom. The van der Waals surface area contributed by atoms with Gasteiger partial charge in [0, 0.05) is 38.1 Å². The third-order valence-electron chi connectivity index (χ3n) is 4.01. The van der Waals surface area contributed by atoms with E-state index in [2.05, 4.69) is 20.1 Å². The van der Waals surface area contributed by atoms with Crippen LogP contribution in [0.3, 0.4) is 0 Å². The van der Waals surface area contributed by atoms with Gasteiger partial charge >= 0.3 is 0 Å². The van der Waals surface area contributed by atoms with Crippen molar-refractivity contribution in [1.82, 2.24) is 9.88 Å². The minimum Gasteiger partial charge on any atom is -0.354 e. The van der Waals surface area contributed by atoms with E-state index in [0.29, 0.717) is 6.54 Å². The molecule has 5 nitrogen and oxygen atoms in total. The van der Waals surface area contributed by atoms with E-state index in [1.807, 2.05) is 55.6 Å². The van der Waals surface area contributed by atoms with Crippen molar-refractivity contribution >= 4 is 17.4 Å². The van der Waals surface area contributed by atoms with E-state index >= 15 is 0 Å². The van der Waals surface area contributed by atoms with Gasteiger partial charge in [0.05, 0.1) is 6.54 Å². The molecule has 5 heteroatoms. The molecule has 0 bridgehead atoms. The van der Waals surface area contributed by atoms with Gasteiger partial charge in [0.15, 0.2) is 0 Å². The molecule has 1 N–H and O–H groups in total. The maximum atomic E-state index is 12.2. The second-order valence-corrected chi connectivity index (χ2v) is 5.87. The predicted molar refractivity (Wildman–Crippen MR) is 92.7 cm³/mol. The summed E-state index contributed by atoms with van der Waals surface area (Å²) in [5, 5.41) is 2.97. The van der Waals surface area contributed by atoms with Gasteiger partial charge in [-0.05, 0) is 36.8 Å². The molecule has 0 radical (unpaired) electrons. The zero-order valence-electron chi connectivity index (χ0n) is 13.4. The molecule has 1 saturated heterocycles. The summed E-state index contributed by atoms with van der Waals surface area (Å²) in [5.74, 6) is 1.05. The molecule has 1 aliphatic heterocycles. The van der Waals surface area contributed by atoms with Gasteiger partial charge in [-0.3, -0.25) is 9.69 Å². The highest BCUT2D eigenvalue weighted by molar-refractivity contribution is 5.92. The molecule has 0 unspecified atom stereocenters. The van der Waals surface area contributed by atoms with Gasteiger partial charge in [0.25, 0.3) is 0 Å². The first kappa shape index (κ1) is 15.5. The maximum Gasteiger partial charge on any atom is 0.238 e. The minimum absolute atomic E-state index is 0.0434. The quantitative estimate of drug-likeness (QED) is 0.940. The average Bonchev–Trinajstić information content (AvgIpc) is 2.56. The van der Waals surface area contributed by atoms with Crippen molar-refractivity contribution in [2.75, 3.05) is 42.9 Å². The van der Waals surface area contributed by atoms with E-state index in [-0.39, 0.29) is 5.91 Å². The fourth-order valence-electron chi connectivity index (χ4n) is 2.80. The van der Waals surface area contributed by atoms with Crippen LogP contribution in [-0.4, -0.2) is 48.5 Å². The SMILES string of the molecule is Cc1cccc(NC(=O)CN2CCN(c3ccccn3)CC2)c1. The first-order valence-corrected chi connectivity index (χ1v) is 7.95. The van der Waals surface area contributed by atoms with Crippen LogP contribution in [0.25, 0.3) is 0 Å². The second-order valence-electron chi connectivity index (χ2n) is 5.87. The van der Waals surface area contributed by atoms with Crippen LogP contribution in [-0.2, 0) is 4.79 Å². The molecule has 1 aliphatic rings. The third kappa shape index (κ3) is 4.29. The minimum atomic E-state index is 0.0434. The Morgan fingerprint density at radius 1 is 1.13 bits per heavy atom. The Hall–Kier alpha value is -2.40. The zero-order chi connectivity index (χ0) is 16.1. The van der Waals surface area contributed by atoms with Crippen molar-refractivity contribution in [2.24, 2.45) is 0 Å². The molecule has 1 aromatic carbocycles. The van der Waals surface area contributed by atoms with E-state index < -0.39 is 0 Å². The summed E-state index contributed by atoms with van der Waals surface area (Å²) in [7, 11) is 0. The molecule has 0 spiro atoms. The van der Waals surface area contributed by atoms with Gasteiger partial charge in [-0.25, -0.2) is 4.98 Å².